The number of carbonyl (C=O) groups is 4. The summed E-state index contributed by atoms with van der Waals surface area (Å²) in [5.74, 6) is 2.40. The maximum atomic E-state index is 13.2. The van der Waals surface area contributed by atoms with E-state index in [9.17, 15) is 19.2 Å². The van der Waals surface area contributed by atoms with Gasteiger partial charge in [-0.1, -0.05) is 85.4 Å². The molecule has 1 aromatic heterocycles. The highest BCUT2D eigenvalue weighted by Gasteiger charge is 2.45. The number of amides is 4. The van der Waals surface area contributed by atoms with Gasteiger partial charge in [-0.25, -0.2) is 9.98 Å². The number of carbonyl (C=O) groups excluding carboxylic acids is 4. The SMILES string of the molecule is C=C1C(=C)N(C2CCCC2)CC(C)(C)C(=O)N1C.C=N/C=C1\C(=N/CNc2cccc(N)c2C=N)N(C2CCCC2)CC(C)(C)C(=O)N1C.CC.CC.CC(=O)N1CCc2cc(Nc3ncc4c(n3)N(C3CCCC3)CC(C)(C)C(=O)N4C)ccc21. The molecular formula is C67H101N15O4. The number of anilines is 7. The zero-order chi connectivity index (χ0) is 63.4. The summed E-state index contributed by atoms with van der Waals surface area (Å²) in [6.07, 6.45) is 19.6. The van der Waals surface area contributed by atoms with Crippen molar-refractivity contribution in [1.29, 1.82) is 5.41 Å². The molecule has 19 heteroatoms. The Labute approximate surface area is 513 Å². The van der Waals surface area contributed by atoms with Crippen LogP contribution in [0.5, 0.6) is 0 Å². The minimum absolute atomic E-state index is 0.0329. The molecule has 3 saturated carbocycles. The van der Waals surface area contributed by atoms with Crippen molar-refractivity contribution < 1.29 is 19.2 Å². The monoisotopic (exact) mass is 1180 g/mol. The molecule has 19 nitrogen and oxygen atoms in total. The number of likely N-dealkylation sites (N-methyl/N-ethyl adjacent to an activating group) is 2. The van der Waals surface area contributed by atoms with E-state index in [1.54, 1.807) is 54.2 Å². The average molecular weight is 1180 g/mol. The van der Waals surface area contributed by atoms with Crippen molar-refractivity contribution in [3.8, 4) is 0 Å². The van der Waals surface area contributed by atoms with Gasteiger partial charge in [0.2, 0.25) is 29.6 Å². The highest BCUT2D eigenvalue weighted by molar-refractivity contribution is 6.04. The molecule has 5 fully saturated rings. The molecule has 3 aromatic rings. The molecule has 0 radical (unpaired) electrons. The Morgan fingerprint density at radius 2 is 1.26 bits per heavy atom. The molecular weight excluding hydrogens is 1080 g/mol. The van der Waals surface area contributed by atoms with Gasteiger partial charge in [-0.05, 0) is 129 Å². The van der Waals surface area contributed by atoms with Crippen LogP contribution in [0.1, 0.15) is 164 Å². The predicted octanol–water partition coefficient (Wildman–Crippen LogP) is 12.0. The normalized spacial score (nSPS) is 21.2. The lowest BCUT2D eigenvalue weighted by atomic mass is 9.91. The van der Waals surface area contributed by atoms with E-state index in [0.29, 0.717) is 54.1 Å². The summed E-state index contributed by atoms with van der Waals surface area (Å²) in [5, 5.41) is 14.3. The van der Waals surface area contributed by atoms with Gasteiger partial charge in [0, 0.05) is 107 Å². The Balaban J connectivity index is 0.000000208. The van der Waals surface area contributed by atoms with Gasteiger partial charge in [0.15, 0.2) is 11.7 Å². The van der Waals surface area contributed by atoms with Crippen molar-refractivity contribution in [2.24, 2.45) is 26.2 Å². The second kappa shape index (κ2) is 29.2. The van der Waals surface area contributed by atoms with Gasteiger partial charge in [-0.3, -0.25) is 24.2 Å². The molecule has 0 unspecified atom stereocenters. The molecule has 2 aromatic carbocycles. The van der Waals surface area contributed by atoms with Crippen LogP contribution in [0.25, 0.3) is 0 Å². The van der Waals surface area contributed by atoms with E-state index in [1.165, 1.54) is 57.6 Å². The summed E-state index contributed by atoms with van der Waals surface area (Å²) in [6, 6.07) is 12.8. The summed E-state index contributed by atoms with van der Waals surface area (Å²) in [7, 11) is 5.39. The quantitative estimate of drug-likeness (QED) is 0.110. The average Bonchev–Trinajstić information content (AvgIpc) is 1.78. The van der Waals surface area contributed by atoms with E-state index in [0.717, 1.165) is 96.6 Å². The lowest BCUT2D eigenvalue weighted by molar-refractivity contribution is -0.137. The molecule has 86 heavy (non-hydrogen) atoms. The van der Waals surface area contributed by atoms with Crippen LogP contribution in [0.4, 0.5) is 40.2 Å². The summed E-state index contributed by atoms with van der Waals surface area (Å²) in [6.45, 7) is 36.4. The molecule has 0 bridgehead atoms. The van der Waals surface area contributed by atoms with Crippen LogP contribution < -0.4 is 31.1 Å². The summed E-state index contributed by atoms with van der Waals surface area (Å²) >= 11 is 0. The van der Waals surface area contributed by atoms with Crippen LogP contribution in [0, 0.1) is 21.7 Å². The molecule has 0 spiro atoms. The van der Waals surface area contributed by atoms with E-state index in [1.807, 2.05) is 105 Å². The van der Waals surface area contributed by atoms with Gasteiger partial charge in [-0.15, -0.1) is 0 Å². The standard InChI is InChI=1S/C25H32N6O2.C23H33N7O.C15H24N2O.2C2H6/c1-16(32)30-12-11-17-13-18(9-10-20(17)30)27-24-26-14-21-22(28-24)31(19-7-5-6-8-19)15-25(2,3)23(33)29(21)4;1-23(2)14-30(16-8-5-6-9-16)21(20(13-26-3)29(4)22(23)31)28-15-27-19-11-7-10-18(25)17(19)12-24;1-11-12(2)17(13-8-6-7-9-13)10-15(3,4)14(18)16(11)5;2*1-2/h9-10,13-14,19H,5-8,11-12,15H2,1-4H3,(H,26,27,28);7,10-13,16,24,27H,3,5-6,8-9,14-15,25H2,1-2,4H3;13H,1-2,6-10H2,3-5H3;2*1-2H3/b;20-13+,24-12?,28-21+;;;. The van der Waals surface area contributed by atoms with Crippen LogP contribution in [0.3, 0.4) is 0 Å². The van der Waals surface area contributed by atoms with Crippen molar-refractivity contribution in [3.63, 3.8) is 0 Å². The number of nitrogens with zero attached hydrogens (tertiary/aromatic N) is 11. The van der Waals surface area contributed by atoms with E-state index in [-0.39, 0.29) is 35.7 Å². The molecule has 3 aliphatic carbocycles. The van der Waals surface area contributed by atoms with Gasteiger partial charge in [-0.2, -0.15) is 4.98 Å². The number of nitrogens with one attached hydrogen (secondary N) is 3. The number of aromatic nitrogens is 2. The number of nitrogens with two attached hydrogens (primary N) is 1. The van der Waals surface area contributed by atoms with Crippen molar-refractivity contribution in [1.82, 2.24) is 29.6 Å². The molecule has 5 heterocycles. The lowest BCUT2D eigenvalue weighted by Crippen LogP contribution is -2.45. The fourth-order valence-electron chi connectivity index (χ4n) is 13.0. The first-order valence-electron chi connectivity index (χ1n) is 31.3. The minimum atomic E-state index is -0.552. The first kappa shape index (κ1) is 67.6. The van der Waals surface area contributed by atoms with Crippen molar-refractivity contribution in [2.75, 3.05) is 85.1 Å². The first-order valence-corrected chi connectivity index (χ1v) is 31.3. The summed E-state index contributed by atoms with van der Waals surface area (Å²) in [4.78, 5) is 82.6. The van der Waals surface area contributed by atoms with Crippen molar-refractivity contribution in [3.05, 3.63) is 90.2 Å². The highest BCUT2D eigenvalue weighted by Crippen LogP contribution is 2.42. The Hall–Kier alpha value is -7.57. The number of hydrogen-bond donors (Lipinski definition) is 4. The van der Waals surface area contributed by atoms with Gasteiger partial charge >= 0.3 is 0 Å². The Kier molecular flexibility index (Phi) is 22.9. The number of fused-ring (bicyclic) bond motifs is 2. The topological polar surface area (TPSA) is 215 Å². The van der Waals surface area contributed by atoms with Gasteiger partial charge in [0.1, 0.15) is 18.1 Å². The third-order valence-corrected chi connectivity index (χ3v) is 17.6. The zero-order valence-electron chi connectivity index (χ0n) is 54.4. The smallest absolute Gasteiger partial charge is 0.234 e. The summed E-state index contributed by atoms with van der Waals surface area (Å²) in [5.41, 5.74) is 12.6. The molecule has 2 saturated heterocycles. The van der Waals surface area contributed by atoms with Gasteiger partial charge in [0.05, 0.1) is 40.0 Å². The van der Waals surface area contributed by atoms with Gasteiger partial charge in [0.25, 0.3) is 0 Å². The van der Waals surface area contributed by atoms with E-state index in [4.69, 9.17) is 21.1 Å². The van der Waals surface area contributed by atoms with Crippen molar-refractivity contribution >= 4 is 82.6 Å². The second-order valence-corrected chi connectivity index (χ2v) is 25.1. The molecule has 468 valence electrons. The zero-order valence-corrected chi connectivity index (χ0v) is 54.4. The molecule has 7 aliphatic rings. The van der Waals surface area contributed by atoms with Crippen LogP contribution in [-0.2, 0) is 25.6 Å². The number of nitrogen functional groups attached to an aromatic ring is 1. The number of aliphatic imine (C=N–C) groups is 2. The van der Waals surface area contributed by atoms with Gasteiger partial charge < -0.3 is 56.1 Å². The van der Waals surface area contributed by atoms with Crippen LogP contribution in [0.2, 0.25) is 0 Å². The molecule has 0 atom stereocenters. The van der Waals surface area contributed by atoms with E-state index in [2.05, 4.69) is 61.3 Å². The Morgan fingerprint density at radius 1 is 0.733 bits per heavy atom. The second-order valence-electron chi connectivity index (χ2n) is 25.1. The third-order valence-electron chi connectivity index (χ3n) is 17.6. The summed E-state index contributed by atoms with van der Waals surface area (Å²) < 4.78 is 0. The van der Waals surface area contributed by atoms with Crippen LogP contribution in [0.15, 0.2) is 89.0 Å². The lowest BCUT2D eigenvalue weighted by Gasteiger charge is -2.35. The van der Waals surface area contributed by atoms with Crippen molar-refractivity contribution in [2.45, 2.75) is 178 Å². The highest BCUT2D eigenvalue weighted by atomic mass is 16.2. The number of hydrogen-bond acceptors (Lipinski definition) is 14. The fraction of sp³-hybridized carbons (Fsp3) is 0.567. The van der Waals surface area contributed by atoms with Crippen LogP contribution >= 0.6 is 0 Å². The van der Waals surface area contributed by atoms with E-state index < -0.39 is 10.8 Å². The number of benzene rings is 2. The maximum absolute atomic E-state index is 13.2. The molecule has 4 aliphatic heterocycles. The fourth-order valence-corrected chi connectivity index (χ4v) is 13.0. The minimum Gasteiger partial charge on any atom is -0.398 e. The maximum Gasteiger partial charge on any atom is 0.234 e. The first-order chi connectivity index (χ1) is 40.9. The number of amidine groups is 1. The number of rotatable bonds is 10. The van der Waals surface area contributed by atoms with E-state index >= 15 is 0 Å². The molecule has 10 rings (SSSR count). The Morgan fingerprint density at radius 3 is 1.81 bits per heavy atom. The van der Waals surface area contributed by atoms with Crippen LogP contribution in [-0.4, -0.2) is 144 Å². The predicted molar refractivity (Wildman–Crippen MR) is 355 cm³/mol. The largest absolute Gasteiger partial charge is 0.398 e. The Bertz CT molecular complexity index is 3020. The molecule has 5 N–H and O–H groups in total. The molecule has 4 amide bonds. The third kappa shape index (κ3) is 15.0.